The van der Waals surface area contributed by atoms with Gasteiger partial charge >= 0.3 is 0 Å². The van der Waals surface area contributed by atoms with Gasteiger partial charge in [-0.3, -0.25) is 0 Å². The maximum Gasteiger partial charge on any atom is 0.240 e. The van der Waals surface area contributed by atoms with Gasteiger partial charge in [0.1, 0.15) is 10.7 Å². The normalized spacial score (nSPS) is 19.7. The van der Waals surface area contributed by atoms with Gasteiger partial charge in [-0.15, -0.1) is 0 Å². The highest BCUT2D eigenvalue weighted by Crippen LogP contribution is 2.43. The number of benzene rings is 1. The molecule has 1 heterocycles. The average Bonchev–Trinajstić information content (AvgIpc) is 3.32. The minimum absolute atomic E-state index is 0.0642. The maximum absolute atomic E-state index is 11.9. The molecule has 2 atom stereocenters. The first-order valence-corrected chi connectivity index (χ1v) is 16.8. The Morgan fingerprint density at radius 2 is 1.77 bits per heavy atom. The van der Waals surface area contributed by atoms with Gasteiger partial charge in [0.2, 0.25) is 10.0 Å². The molecule has 1 aliphatic carbocycles. The third-order valence-electron chi connectivity index (χ3n) is 7.26. The average molecular weight is 522 g/mol. The molecule has 3 rings (SSSR count). The van der Waals surface area contributed by atoms with Gasteiger partial charge in [-0.1, -0.05) is 20.8 Å². The summed E-state index contributed by atoms with van der Waals surface area (Å²) in [6.45, 7) is 17.8. The lowest BCUT2D eigenvalue weighted by atomic mass is 10.0. The summed E-state index contributed by atoms with van der Waals surface area (Å²) in [4.78, 5) is 0.0642. The standard InChI is InChI=1S/C25H43N5O3SSi/c1-24(2,3)30-23(28-18-11-13-22(34(26,31)32)21(15-18)27-7)16-20(29-30)17-10-12-19(14-17)33-35(8,9)25(4,5)6/h11,13,15-17,19,27-28H,10,12,14H2,1-9H3,(H2,26,31,32)/t17-,19+/m0/s1. The van der Waals surface area contributed by atoms with Crippen LogP contribution in [0.15, 0.2) is 29.2 Å². The molecule has 0 unspecified atom stereocenters. The van der Waals surface area contributed by atoms with E-state index in [1.165, 1.54) is 6.07 Å². The first-order valence-electron chi connectivity index (χ1n) is 12.3. The number of sulfonamides is 1. The third kappa shape index (κ3) is 6.28. The van der Waals surface area contributed by atoms with Crippen LogP contribution in [0.3, 0.4) is 0 Å². The summed E-state index contributed by atoms with van der Waals surface area (Å²) in [6, 6.07) is 7.11. The zero-order chi connectivity index (χ0) is 26.4. The Labute approximate surface area is 212 Å². The largest absolute Gasteiger partial charge is 0.414 e. The molecule has 35 heavy (non-hydrogen) atoms. The molecule has 0 spiro atoms. The highest BCUT2D eigenvalue weighted by Gasteiger charge is 2.41. The number of rotatable bonds is 7. The quantitative estimate of drug-likeness (QED) is 0.401. The molecule has 1 aliphatic rings. The van der Waals surface area contributed by atoms with Gasteiger partial charge in [0.25, 0.3) is 0 Å². The van der Waals surface area contributed by atoms with E-state index in [0.29, 0.717) is 11.6 Å². The van der Waals surface area contributed by atoms with Crippen molar-refractivity contribution in [1.82, 2.24) is 9.78 Å². The molecule has 196 valence electrons. The van der Waals surface area contributed by atoms with Gasteiger partial charge in [-0.05, 0) is 76.4 Å². The van der Waals surface area contributed by atoms with Crippen LogP contribution in [0.4, 0.5) is 17.2 Å². The van der Waals surface area contributed by atoms with Crippen LogP contribution in [0.5, 0.6) is 0 Å². The topological polar surface area (TPSA) is 111 Å². The predicted molar refractivity (Wildman–Crippen MR) is 147 cm³/mol. The maximum atomic E-state index is 11.9. The van der Waals surface area contributed by atoms with Crippen molar-refractivity contribution in [3.63, 3.8) is 0 Å². The molecular formula is C25H43N5O3SSi. The molecule has 1 fully saturated rings. The number of primary sulfonamides is 1. The predicted octanol–water partition coefficient (Wildman–Crippen LogP) is 5.73. The van der Waals surface area contributed by atoms with Crippen LogP contribution in [0.2, 0.25) is 18.1 Å². The Hall–Kier alpha value is -1.88. The summed E-state index contributed by atoms with van der Waals surface area (Å²) >= 11 is 0. The summed E-state index contributed by atoms with van der Waals surface area (Å²) < 4.78 is 32.5. The van der Waals surface area contributed by atoms with Crippen molar-refractivity contribution in [2.45, 2.75) is 101 Å². The second-order valence-corrected chi connectivity index (χ2v) is 18.5. The van der Waals surface area contributed by atoms with E-state index in [0.717, 1.165) is 36.5 Å². The molecule has 0 saturated heterocycles. The molecule has 0 amide bonds. The fourth-order valence-corrected chi connectivity index (χ4v) is 6.43. The fourth-order valence-electron chi connectivity index (χ4n) is 4.31. The Bertz CT molecular complexity index is 1160. The number of nitrogens with zero attached hydrogens (tertiary/aromatic N) is 2. The van der Waals surface area contributed by atoms with E-state index in [4.69, 9.17) is 14.7 Å². The fraction of sp³-hybridized carbons (Fsp3) is 0.640. The van der Waals surface area contributed by atoms with Crippen molar-refractivity contribution >= 4 is 35.5 Å². The van der Waals surface area contributed by atoms with Gasteiger partial charge < -0.3 is 15.1 Å². The highest BCUT2D eigenvalue weighted by molar-refractivity contribution is 7.89. The highest BCUT2D eigenvalue weighted by atomic mass is 32.2. The minimum atomic E-state index is -3.82. The second kappa shape index (κ2) is 9.53. The number of anilines is 3. The van der Waals surface area contributed by atoms with E-state index >= 15 is 0 Å². The van der Waals surface area contributed by atoms with Crippen molar-refractivity contribution in [2.24, 2.45) is 5.14 Å². The van der Waals surface area contributed by atoms with E-state index in [-0.39, 0.29) is 21.6 Å². The number of nitrogens with one attached hydrogen (secondary N) is 2. The number of hydrogen-bond acceptors (Lipinski definition) is 6. The van der Waals surface area contributed by atoms with Crippen LogP contribution in [-0.2, 0) is 20.0 Å². The lowest BCUT2D eigenvalue weighted by Crippen LogP contribution is -2.43. The van der Waals surface area contributed by atoms with Crippen molar-refractivity contribution < 1.29 is 12.8 Å². The van der Waals surface area contributed by atoms with Crippen LogP contribution < -0.4 is 15.8 Å². The van der Waals surface area contributed by atoms with E-state index in [1.807, 2.05) is 4.68 Å². The van der Waals surface area contributed by atoms with Gasteiger partial charge in [0.15, 0.2) is 8.32 Å². The Balaban J connectivity index is 1.86. The van der Waals surface area contributed by atoms with E-state index < -0.39 is 18.3 Å². The van der Waals surface area contributed by atoms with Gasteiger partial charge in [0.05, 0.1) is 16.9 Å². The third-order valence-corrected chi connectivity index (χ3v) is 12.8. The Morgan fingerprint density at radius 3 is 2.31 bits per heavy atom. The number of aromatic nitrogens is 2. The Morgan fingerprint density at radius 1 is 1.11 bits per heavy atom. The number of nitrogens with two attached hydrogens (primary N) is 1. The lowest BCUT2D eigenvalue weighted by molar-refractivity contribution is 0.186. The second-order valence-electron chi connectivity index (χ2n) is 12.2. The van der Waals surface area contributed by atoms with E-state index in [1.54, 1.807) is 19.2 Å². The van der Waals surface area contributed by atoms with Crippen molar-refractivity contribution in [1.29, 1.82) is 0 Å². The molecule has 0 radical (unpaired) electrons. The van der Waals surface area contributed by atoms with Crippen molar-refractivity contribution in [2.75, 3.05) is 17.7 Å². The van der Waals surface area contributed by atoms with Gasteiger partial charge in [0, 0.05) is 30.8 Å². The SMILES string of the molecule is CNc1cc(Nc2cc([C@H]3CC[C@@H](O[Si](C)(C)C(C)(C)C)C3)nn2C(C)(C)C)ccc1S(N)(=O)=O. The van der Waals surface area contributed by atoms with Gasteiger partial charge in [-0.2, -0.15) is 5.10 Å². The summed E-state index contributed by atoms with van der Waals surface area (Å²) in [7, 11) is -3.95. The van der Waals surface area contributed by atoms with E-state index in [9.17, 15) is 8.42 Å². The monoisotopic (exact) mass is 521 g/mol. The zero-order valence-corrected chi connectivity index (χ0v) is 24.5. The summed E-state index contributed by atoms with van der Waals surface area (Å²) in [5, 5.41) is 16.9. The number of hydrogen-bond donors (Lipinski definition) is 3. The molecule has 10 heteroatoms. The first-order chi connectivity index (χ1) is 15.9. The molecule has 0 aliphatic heterocycles. The molecule has 4 N–H and O–H groups in total. The van der Waals surface area contributed by atoms with Crippen LogP contribution in [-0.4, -0.2) is 39.7 Å². The molecule has 0 bridgehead atoms. The molecule has 8 nitrogen and oxygen atoms in total. The van der Waals surface area contributed by atoms with E-state index in [2.05, 4.69) is 71.3 Å². The molecule has 2 aromatic rings. The zero-order valence-electron chi connectivity index (χ0n) is 22.7. The summed E-state index contributed by atoms with van der Waals surface area (Å²) in [6.07, 6.45) is 3.39. The minimum Gasteiger partial charge on any atom is -0.414 e. The smallest absolute Gasteiger partial charge is 0.240 e. The molecule has 1 aromatic carbocycles. The van der Waals surface area contributed by atoms with Crippen molar-refractivity contribution in [3.8, 4) is 0 Å². The van der Waals surface area contributed by atoms with Gasteiger partial charge in [-0.25, -0.2) is 18.2 Å². The van der Waals surface area contributed by atoms with Crippen LogP contribution in [0.25, 0.3) is 0 Å². The lowest BCUT2D eigenvalue weighted by Gasteiger charge is -2.38. The molecular weight excluding hydrogens is 478 g/mol. The summed E-state index contributed by atoms with van der Waals surface area (Å²) in [5.74, 6) is 1.22. The molecule has 1 saturated carbocycles. The first kappa shape index (κ1) is 27.7. The summed E-state index contributed by atoms with van der Waals surface area (Å²) in [5.41, 5.74) is 2.03. The van der Waals surface area contributed by atoms with Crippen LogP contribution in [0.1, 0.15) is 72.4 Å². The van der Waals surface area contributed by atoms with Crippen LogP contribution in [0, 0.1) is 0 Å². The van der Waals surface area contributed by atoms with Crippen LogP contribution >= 0.6 is 0 Å². The van der Waals surface area contributed by atoms with Crippen molar-refractivity contribution in [3.05, 3.63) is 30.0 Å². The Kier molecular flexibility index (Phi) is 7.54. The molecule has 1 aromatic heterocycles.